The summed E-state index contributed by atoms with van der Waals surface area (Å²) in [6.45, 7) is 0. The van der Waals surface area contributed by atoms with E-state index in [1.807, 2.05) is 0 Å². The number of rotatable bonds is 1. The van der Waals surface area contributed by atoms with Crippen molar-refractivity contribution in [3.63, 3.8) is 0 Å². The highest BCUT2D eigenvalue weighted by atomic mass is 35.5. The van der Waals surface area contributed by atoms with Crippen LogP contribution < -0.4 is 5.73 Å². The Morgan fingerprint density at radius 1 is 1.24 bits per heavy atom. The van der Waals surface area contributed by atoms with Gasteiger partial charge in [-0.25, -0.2) is 4.68 Å². The lowest BCUT2D eigenvalue weighted by molar-refractivity contribution is -0.142. The lowest BCUT2D eigenvalue weighted by Gasteiger charge is -2.10. The second-order valence-corrected chi connectivity index (χ2v) is 3.07. The van der Waals surface area contributed by atoms with Crippen LogP contribution in [0.4, 0.5) is 18.9 Å². The number of hydrogen-bond acceptors (Lipinski definition) is 3. The van der Waals surface area contributed by atoms with E-state index in [0.717, 1.165) is 10.9 Å². The average molecular weight is 265 g/mol. The van der Waals surface area contributed by atoms with E-state index < -0.39 is 17.6 Å². The van der Waals surface area contributed by atoms with E-state index in [1.54, 1.807) is 0 Å². The lowest BCUT2D eigenvalue weighted by Crippen LogP contribution is -2.15. The number of hydrogen-bond donors (Lipinski definition) is 1. The number of anilines is 1. The van der Waals surface area contributed by atoms with Gasteiger partial charge in [0.1, 0.15) is 0 Å². The maximum atomic E-state index is 12.7. The molecule has 0 bridgehead atoms. The Bertz CT molecular complexity index is 495. The topological polar surface area (TPSA) is 56.7 Å². The number of nitrogens with zero attached hydrogens (tertiary/aromatic N) is 3. The smallest absolute Gasteiger partial charge is 0.396 e. The summed E-state index contributed by atoms with van der Waals surface area (Å²) >= 11 is 0. The van der Waals surface area contributed by atoms with E-state index in [-0.39, 0.29) is 18.1 Å². The van der Waals surface area contributed by atoms with E-state index in [4.69, 9.17) is 5.73 Å². The van der Waals surface area contributed by atoms with Crippen molar-refractivity contribution >= 4 is 18.1 Å². The molecule has 0 fully saturated rings. The van der Waals surface area contributed by atoms with Gasteiger partial charge in [-0.2, -0.15) is 18.3 Å². The molecule has 17 heavy (non-hydrogen) atoms. The third-order valence-electron chi connectivity index (χ3n) is 1.96. The molecule has 0 unspecified atom stereocenters. The Hall–Kier alpha value is -1.76. The summed E-state index contributed by atoms with van der Waals surface area (Å²) in [5.41, 5.74) is 4.06. The van der Waals surface area contributed by atoms with Crippen LogP contribution >= 0.6 is 12.4 Å². The first-order valence-corrected chi connectivity index (χ1v) is 4.31. The first kappa shape index (κ1) is 13.3. The molecule has 0 aliphatic rings. The minimum Gasteiger partial charge on any atom is -0.396 e. The molecule has 0 amide bonds. The molecule has 92 valence electrons. The second-order valence-electron chi connectivity index (χ2n) is 3.07. The van der Waals surface area contributed by atoms with Gasteiger partial charge in [0.25, 0.3) is 0 Å². The standard InChI is InChI=1S/C9H7F3N4.ClH/c10-9(11,12)8-7(13)5-15-16(8)6-2-1-3-14-4-6;/h1-5H,13H2;1H. The zero-order valence-electron chi connectivity index (χ0n) is 8.35. The first-order valence-electron chi connectivity index (χ1n) is 4.31. The van der Waals surface area contributed by atoms with Gasteiger partial charge in [-0.3, -0.25) is 4.98 Å². The van der Waals surface area contributed by atoms with Gasteiger partial charge in [-0.1, -0.05) is 0 Å². The molecule has 2 rings (SSSR count). The van der Waals surface area contributed by atoms with Gasteiger partial charge in [-0.05, 0) is 12.1 Å². The quantitative estimate of drug-likeness (QED) is 0.860. The van der Waals surface area contributed by atoms with Crippen molar-refractivity contribution < 1.29 is 13.2 Å². The van der Waals surface area contributed by atoms with E-state index in [1.165, 1.54) is 24.5 Å². The Morgan fingerprint density at radius 2 is 1.94 bits per heavy atom. The number of pyridine rings is 1. The van der Waals surface area contributed by atoms with Gasteiger partial charge >= 0.3 is 6.18 Å². The van der Waals surface area contributed by atoms with Gasteiger partial charge in [0.15, 0.2) is 5.69 Å². The molecule has 2 heterocycles. The highest BCUT2D eigenvalue weighted by Gasteiger charge is 2.38. The minimum atomic E-state index is -4.55. The van der Waals surface area contributed by atoms with Crippen molar-refractivity contribution in [2.24, 2.45) is 0 Å². The summed E-state index contributed by atoms with van der Waals surface area (Å²) in [7, 11) is 0. The van der Waals surface area contributed by atoms with Crippen LogP contribution in [0.1, 0.15) is 5.69 Å². The summed E-state index contributed by atoms with van der Waals surface area (Å²) < 4.78 is 38.7. The molecule has 0 saturated carbocycles. The summed E-state index contributed by atoms with van der Waals surface area (Å²) in [5, 5.41) is 3.58. The Morgan fingerprint density at radius 3 is 2.47 bits per heavy atom. The first-order chi connectivity index (χ1) is 7.50. The Labute approximate surface area is 101 Å². The van der Waals surface area contributed by atoms with Gasteiger partial charge in [0.2, 0.25) is 0 Å². The predicted molar refractivity (Wildman–Crippen MR) is 58.0 cm³/mol. The molecule has 0 radical (unpaired) electrons. The average Bonchev–Trinajstić information content (AvgIpc) is 2.61. The number of aromatic nitrogens is 3. The van der Waals surface area contributed by atoms with Crippen molar-refractivity contribution in [2.75, 3.05) is 5.73 Å². The predicted octanol–water partition coefficient (Wildman–Crippen LogP) is 2.29. The third-order valence-corrected chi connectivity index (χ3v) is 1.96. The molecule has 2 aromatic rings. The Balaban J connectivity index is 0.00000144. The van der Waals surface area contributed by atoms with Crippen molar-refractivity contribution in [1.82, 2.24) is 14.8 Å². The zero-order valence-corrected chi connectivity index (χ0v) is 9.16. The molecule has 0 aliphatic carbocycles. The largest absolute Gasteiger partial charge is 0.435 e. The molecule has 0 aromatic carbocycles. The highest BCUT2D eigenvalue weighted by molar-refractivity contribution is 5.85. The summed E-state index contributed by atoms with van der Waals surface area (Å²) in [6, 6.07) is 2.99. The van der Waals surface area contributed by atoms with Crippen molar-refractivity contribution in [3.05, 3.63) is 36.4 Å². The van der Waals surface area contributed by atoms with Crippen molar-refractivity contribution in [1.29, 1.82) is 0 Å². The number of alkyl halides is 3. The number of nitrogen functional groups attached to an aromatic ring is 1. The zero-order chi connectivity index (χ0) is 11.8. The lowest BCUT2D eigenvalue weighted by atomic mass is 10.3. The van der Waals surface area contributed by atoms with Crippen LogP contribution in [-0.4, -0.2) is 14.8 Å². The summed E-state index contributed by atoms with van der Waals surface area (Å²) in [5.74, 6) is 0. The van der Waals surface area contributed by atoms with Gasteiger partial charge < -0.3 is 5.73 Å². The van der Waals surface area contributed by atoms with E-state index in [0.29, 0.717) is 0 Å². The van der Waals surface area contributed by atoms with Crippen molar-refractivity contribution in [2.45, 2.75) is 6.18 Å². The normalized spacial score (nSPS) is 11.0. The van der Waals surface area contributed by atoms with Crippen LogP contribution in [0.2, 0.25) is 0 Å². The van der Waals surface area contributed by atoms with Gasteiger partial charge in [0, 0.05) is 6.20 Å². The molecule has 0 atom stereocenters. The molecule has 0 saturated heterocycles. The fraction of sp³-hybridized carbons (Fsp3) is 0.111. The van der Waals surface area contributed by atoms with Crippen LogP contribution in [0.3, 0.4) is 0 Å². The summed E-state index contributed by atoms with van der Waals surface area (Å²) in [4.78, 5) is 3.72. The van der Waals surface area contributed by atoms with Crippen molar-refractivity contribution in [3.8, 4) is 5.69 Å². The van der Waals surface area contributed by atoms with Crippen LogP contribution in [-0.2, 0) is 6.18 Å². The summed E-state index contributed by atoms with van der Waals surface area (Å²) in [6.07, 6.45) is -0.836. The molecule has 8 heteroatoms. The maximum absolute atomic E-state index is 12.7. The molecule has 0 spiro atoms. The number of nitrogens with two attached hydrogens (primary N) is 1. The van der Waals surface area contributed by atoms with Crippen LogP contribution in [0, 0.1) is 0 Å². The van der Waals surface area contributed by atoms with Crippen LogP contribution in [0.5, 0.6) is 0 Å². The van der Waals surface area contributed by atoms with E-state index in [2.05, 4.69) is 10.1 Å². The van der Waals surface area contributed by atoms with Gasteiger partial charge in [0.05, 0.1) is 23.8 Å². The fourth-order valence-corrected chi connectivity index (χ4v) is 1.32. The molecule has 0 aliphatic heterocycles. The maximum Gasteiger partial charge on any atom is 0.435 e. The van der Waals surface area contributed by atoms with Crippen LogP contribution in [0.25, 0.3) is 5.69 Å². The monoisotopic (exact) mass is 264 g/mol. The highest BCUT2D eigenvalue weighted by Crippen LogP contribution is 2.34. The fourth-order valence-electron chi connectivity index (χ4n) is 1.32. The number of halogens is 4. The third kappa shape index (κ3) is 2.50. The SMILES string of the molecule is Cl.Nc1cnn(-c2cccnc2)c1C(F)(F)F. The molecular weight excluding hydrogens is 257 g/mol. The molecule has 2 N–H and O–H groups in total. The molecule has 2 aromatic heterocycles. The van der Waals surface area contributed by atoms with Gasteiger partial charge in [-0.15, -0.1) is 12.4 Å². The Kier molecular flexibility index (Phi) is 3.62. The van der Waals surface area contributed by atoms with E-state index >= 15 is 0 Å². The van der Waals surface area contributed by atoms with Crippen LogP contribution in [0.15, 0.2) is 30.7 Å². The molecular formula is C9H8ClF3N4. The van der Waals surface area contributed by atoms with E-state index in [9.17, 15) is 13.2 Å². The minimum absolute atomic E-state index is 0. The second kappa shape index (κ2) is 4.62. The molecule has 4 nitrogen and oxygen atoms in total.